The van der Waals surface area contributed by atoms with Crippen LogP contribution in [-0.4, -0.2) is 29.6 Å². The second-order valence-electron chi connectivity index (χ2n) is 6.85. The fourth-order valence-corrected chi connectivity index (χ4v) is 5.16. The molecule has 1 amide bonds. The second-order valence-corrected chi connectivity index (χ2v) is 7.76. The van der Waals surface area contributed by atoms with Gasteiger partial charge < -0.3 is 4.90 Å². The minimum atomic E-state index is -0.296. The number of benzene rings is 1. The molecule has 2 fully saturated rings. The molecule has 0 bridgehead atoms. The fourth-order valence-electron chi connectivity index (χ4n) is 4.79. The Labute approximate surface area is 133 Å². The number of aliphatic imine (C=N–C) groups is 1. The number of rotatable bonds is 0. The van der Waals surface area contributed by atoms with Gasteiger partial charge in [-0.15, -0.1) is 0 Å². The van der Waals surface area contributed by atoms with Gasteiger partial charge in [0.25, 0.3) is 0 Å². The third-order valence-electron chi connectivity index (χ3n) is 5.85. The molecule has 4 heteroatoms. The first-order valence-corrected chi connectivity index (χ1v) is 8.41. The molecule has 1 aromatic carbocycles. The number of hydrogen-bond acceptors (Lipinski definition) is 2. The number of amides is 1. The monoisotopic (exact) mass is 346 g/mol. The Bertz CT molecular complexity index is 663. The van der Waals surface area contributed by atoms with Crippen molar-refractivity contribution in [2.45, 2.75) is 44.1 Å². The van der Waals surface area contributed by atoms with Gasteiger partial charge in [0.15, 0.2) is 0 Å². The predicted octanol–water partition coefficient (Wildman–Crippen LogP) is 4.04. The first-order chi connectivity index (χ1) is 9.99. The summed E-state index contributed by atoms with van der Waals surface area (Å²) in [6.45, 7) is 2.16. The Morgan fingerprint density at radius 2 is 2.05 bits per heavy atom. The zero-order valence-corrected chi connectivity index (χ0v) is 14.0. The number of fused-ring (bicyclic) bond motifs is 4. The van der Waals surface area contributed by atoms with Gasteiger partial charge in [0.05, 0.1) is 16.6 Å². The molecule has 2 heterocycles. The summed E-state index contributed by atoms with van der Waals surface area (Å²) in [7, 11) is 1.94. The minimum absolute atomic E-state index is 0.217. The molecule has 2 unspecified atom stereocenters. The Morgan fingerprint density at radius 3 is 2.76 bits per heavy atom. The van der Waals surface area contributed by atoms with Crippen LogP contribution in [0, 0.1) is 5.41 Å². The summed E-state index contributed by atoms with van der Waals surface area (Å²) in [5.74, 6) is 0.529. The third-order valence-corrected chi connectivity index (χ3v) is 6.34. The van der Waals surface area contributed by atoms with E-state index in [1.807, 2.05) is 24.2 Å². The van der Waals surface area contributed by atoms with Crippen molar-refractivity contribution in [1.82, 2.24) is 4.90 Å². The van der Waals surface area contributed by atoms with E-state index in [1.54, 1.807) is 0 Å². The second kappa shape index (κ2) is 4.19. The van der Waals surface area contributed by atoms with E-state index in [2.05, 4.69) is 40.0 Å². The largest absolute Gasteiger partial charge is 0.334 e. The highest BCUT2D eigenvalue weighted by Crippen LogP contribution is 2.62. The summed E-state index contributed by atoms with van der Waals surface area (Å²) in [6, 6.07) is 6.25. The molecular weight excluding hydrogens is 328 g/mol. The minimum Gasteiger partial charge on any atom is -0.334 e. The summed E-state index contributed by atoms with van der Waals surface area (Å²) in [6.07, 6.45) is 6.34. The van der Waals surface area contributed by atoms with Crippen molar-refractivity contribution < 1.29 is 4.79 Å². The van der Waals surface area contributed by atoms with Gasteiger partial charge in [-0.25, -0.2) is 0 Å². The number of carbonyl (C=O) groups is 1. The van der Waals surface area contributed by atoms with Crippen LogP contribution >= 0.6 is 15.9 Å². The molecule has 21 heavy (non-hydrogen) atoms. The molecule has 1 saturated carbocycles. The maximum Gasteiger partial charge on any atom is 0.230 e. The Hall–Kier alpha value is -1.16. The van der Waals surface area contributed by atoms with Crippen molar-refractivity contribution in [2.24, 2.45) is 10.4 Å². The van der Waals surface area contributed by atoms with Crippen LogP contribution in [0.25, 0.3) is 0 Å². The maximum atomic E-state index is 13.0. The van der Waals surface area contributed by atoms with Crippen LogP contribution in [0.4, 0.5) is 5.69 Å². The first kappa shape index (κ1) is 13.5. The molecule has 1 aliphatic carbocycles. The number of likely N-dealkylation sites (N-methyl/N-ethyl adjacent to an activating group) is 1. The van der Waals surface area contributed by atoms with Crippen molar-refractivity contribution in [3.63, 3.8) is 0 Å². The molecule has 0 radical (unpaired) electrons. The van der Waals surface area contributed by atoms with E-state index in [1.165, 1.54) is 5.56 Å². The first-order valence-electron chi connectivity index (χ1n) is 7.62. The molecular formula is C17H19BrN2O. The summed E-state index contributed by atoms with van der Waals surface area (Å²) < 4.78 is 1.07. The zero-order valence-electron chi connectivity index (χ0n) is 12.4. The Balaban J connectivity index is 1.99. The predicted molar refractivity (Wildman–Crippen MR) is 87.1 cm³/mol. The molecule has 4 rings (SSSR count). The van der Waals surface area contributed by atoms with E-state index >= 15 is 0 Å². The molecule has 0 N–H and O–H groups in total. The van der Waals surface area contributed by atoms with Crippen molar-refractivity contribution in [3.8, 4) is 0 Å². The smallest absolute Gasteiger partial charge is 0.230 e. The highest BCUT2D eigenvalue weighted by molar-refractivity contribution is 9.10. The number of halogens is 1. The van der Waals surface area contributed by atoms with Gasteiger partial charge in [-0.1, -0.05) is 28.8 Å². The van der Waals surface area contributed by atoms with Crippen LogP contribution in [-0.2, 0) is 4.79 Å². The van der Waals surface area contributed by atoms with Crippen LogP contribution in [0.15, 0.2) is 27.7 Å². The van der Waals surface area contributed by atoms with E-state index in [0.29, 0.717) is 5.91 Å². The Morgan fingerprint density at radius 1 is 1.33 bits per heavy atom. The number of nitrogens with zero attached hydrogens (tertiary/aromatic N) is 2. The maximum absolute atomic E-state index is 13.0. The van der Waals surface area contributed by atoms with E-state index < -0.39 is 0 Å². The summed E-state index contributed by atoms with van der Waals surface area (Å²) in [5, 5.41) is 0. The number of likely N-dealkylation sites (tertiary alicyclic amines) is 1. The lowest BCUT2D eigenvalue weighted by molar-refractivity contribution is -0.135. The number of carbonyl (C=O) groups excluding carboxylic acids is 1. The van der Waals surface area contributed by atoms with Gasteiger partial charge in [-0.2, -0.15) is 0 Å². The van der Waals surface area contributed by atoms with E-state index in [0.717, 1.165) is 35.8 Å². The Kier molecular flexibility index (Phi) is 2.69. The van der Waals surface area contributed by atoms with Gasteiger partial charge in [0, 0.05) is 23.7 Å². The molecule has 3 aliphatic rings. The highest BCUT2D eigenvalue weighted by Gasteiger charge is 2.65. The molecule has 2 atom stereocenters. The van der Waals surface area contributed by atoms with Crippen LogP contribution in [0.1, 0.15) is 44.1 Å². The summed E-state index contributed by atoms with van der Waals surface area (Å²) in [5.41, 5.74) is 1.74. The van der Waals surface area contributed by atoms with Gasteiger partial charge in [-0.05, 0) is 43.5 Å². The van der Waals surface area contributed by atoms with Gasteiger partial charge in [0.2, 0.25) is 5.91 Å². The lowest BCUT2D eigenvalue weighted by atomic mass is 9.65. The molecule has 3 nitrogen and oxygen atoms in total. The van der Waals surface area contributed by atoms with E-state index in [4.69, 9.17) is 0 Å². The van der Waals surface area contributed by atoms with E-state index in [-0.39, 0.29) is 16.9 Å². The van der Waals surface area contributed by atoms with Crippen molar-refractivity contribution in [2.75, 3.05) is 7.05 Å². The average Bonchev–Trinajstić information content (AvgIpc) is 3.00. The van der Waals surface area contributed by atoms with Gasteiger partial charge in [-0.3, -0.25) is 9.79 Å². The van der Waals surface area contributed by atoms with Crippen LogP contribution in [0.2, 0.25) is 0 Å². The van der Waals surface area contributed by atoms with Crippen molar-refractivity contribution in [1.29, 1.82) is 0 Å². The SMILES string of the molecule is CN1C(=O)C2(CCCC2)C2c3cc(Br)ccc3N=CC21C. The molecule has 2 aliphatic heterocycles. The van der Waals surface area contributed by atoms with Crippen molar-refractivity contribution in [3.05, 3.63) is 28.2 Å². The number of hydrogen-bond donors (Lipinski definition) is 0. The molecule has 110 valence electrons. The lowest BCUT2D eigenvalue weighted by Crippen LogP contribution is -2.46. The third kappa shape index (κ3) is 1.54. The standard InChI is InChI=1S/C17H19BrN2O/c1-16-10-19-13-6-5-11(18)9-12(13)14(16)17(7-3-4-8-17)15(21)20(16)2/h5-6,9-10,14H,3-4,7-8H2,1-2H3. The van der Waals surface area contributed by atoms with Crippen LogP contribution in [0.3, 0.4) is 0 Å². The normalized spacial score (nSPS) is 32.6. The van der Waals surface area contributed by atoms with Crippen LogP contribution in [0.5, 0.6) is 0 Å². The molecule has 0 aromatic heterocycles. The average molecular weight is 347 g/mol. The summed E-state index contributed by atoms with van der Waals surface area (Å²) in [4.78, 5) is 19.6. The topological polar surface area (TPSA) is 32.7 Å². The van der Waals surface area contributed by atoms with Crippen molar-refractivity contribution >= 4 is 33.7 Å². The van der Waals surface area contributed by atoms with Gasteiger partial charge >= 0.3 is 0 Å². The highest BCUT2D eigenvalue weighted by atomic mass is 79.9. The zero-order chi connectivity index (χ0) is 14.8. The molecule has 1 aromatic rings. The lowest BCUT2D eigenvalue weighted by Gasteiger charge is -2.40. The fraction of sp³-hybridized carbons (Fsp3) is 0.529. The summed E-state index contributed by atoms with van der Waals surface area (Å²) >= 11 is 3.58. The quantitative estimate of drug-likeness (QED) is 0.697. The van der Waals surface area contributed by atoms with Crippen LogP contribution < -0.4 is 0 Å². The molecule has 1 saturated heterocycles. The molecule has 1 spiro atoms. The van der Waals surface area contributed by atoms with Gasteiger partial charge in [0.1, 0.15) is 0 Å². The van der Waals surface area contributed by atoms with E-state index in [9.17, 15) is 4.79 Å².